The summed E-state index contributed by atoms with van der Waals surface area (Å²) in [5.74, 6) is 2.77. The number of hydrogen-bond acceptors (Lipinski definition) is 6. The maximum Gasteiger partial charge on any atom is 0.224 e. The highest BCUT2D eigenvalue weighted by Gasteiger charge is 2.21. The van der Waals surface area contributed by atoms with Crippen molar-refractivity contribution in [1.29, 1.82) is 0 Å². The predicted octanol–water partition coefficient (Wildman–Crippen LogP) is 2.39. The van der Waals surface area contributed by atoms with Gasteiger partial charge in [0.1, 0.15) is 5.82 Å². The van der Waals surface area contributed by atoms with E-state index in [1.807, 2.05) is 18.8 Å². The lowest BCUT2D eigenvalue weighted by Crippen LogP contribution is -2.22. The maximum absolute atomic E-state index is 5.16. The first kappa shape index (κ1) is 14.4. The molecule has 0 aliphatic carbocycles. The van der Waals surface area contributed by atoms with Crippen molar-refractivity contribution in [2.75, 3.05) is 37.2 Å². The minimum absolute atomic E-state index is 0.393. The normalized spacial score (nSPS) is 15.1. The number of fused-ring (bicyclic) bond motifs is 1. The highest BCUT2D eigenvalue weighted by atomic mass is 32.2. The topological polar surface area (TPSA) is 59.1 Å². The van der Waals surface area contributed by atoms with Gasteiger partial charge in [0.15, 0.2) is 0 Å². The van der Waals surface area contributed by atoms with Crippen LogP contribution >= 0.6 is 11.8 Å². The van der Waals surface area contributed by atoms with Crippen molar-refractivity contribution in [2.24, 2.45) is 0 Å². The molecule has 1 aromatic heterocycles. The lowest BCUT2D eigenvalue weighted by Gasteiger charge is -2.19. The van der Waals surface area contributed by atoms with Crippen molar-refractivity contribution in [3.05, 3.63) is 5.69 Å². The molecule has 0 amide bonds. The summed E-state index contributed by atoms with van der Waals surface area (Å²) in [4.78, 5) is 10.3. The van der Waals surface area contributed by atoms with Crippen LogP contribution in [0.5, 0.6) is 0 Å². The standard InChI is InChI=1S/C13H22N4OS/c1-4-9(5-7-18-3)15-12-11-10(6-8-19-11)16-13(14-2)17-12/h9H,4-8H2,1-3H3,(H2,14,15,16,17). The third-order valence-corrected chi connectivity index (χ3v) is 4.37. The molecule has 2 heterocycles. The molecule has 2 rings (SSSR count). The third kappa shape index (κ3) is 3.51. The molecule has 106 valence electrons. The van der Waals surface area contributed by atoms with Crippen molar-refractivity contribution < 1.29 is 4.74 Å². The molecule has 5 nitrogen and oxygen atoms in total. The van der Waals surface area contributed by atoms with Crippen LogP contribution in [0.1, 0.15) is 25.5 Å². The Morgan fingerprint density at radius 3 is 2.95 bits per heavy atom. The smallest absolute Gasteiger partial charge is 0.224 e. The molecule has 2 N–H and O–H groups in total. The van der Waals surface area contributed by atoms with Gasteiger partial charge in [0.25, 0.3) is 0 Å². The van der Waals surface area contributed by atoms with Gasteiger partial charge in [-0.3, -0.25) is 0 Å². The minimum atomic E-state index is 0.393. The number of ether oxygens (including phenoxy) is 1. The summed E-state index contributed by atoms with van der Waals surface area (Å²) in [5.41, 5.74) is 1.16. The molecular formula is C13H22N4OS. The number of anilines is 2. The molecule has 1 aliphatic heterocycles. The molecule has 0 spiro atoms. The third-order valence-electron chi connectivity index (χ3n) is 3.25. The number of nitrogens with zero attached hydrogens (tertiary/aromatic N) is 2. The second kappa shape index (κ2) is 6.96. The average molecular weight is 282 g/mol. The Balaban J connectivity index is 2.16. The lowest BCUT2D eigenvalue weighted by atomic mass is 10.1. The van der Waals surface area contributed by atoms with Crippen LogP contribution < -0.4 is 10.6 Å². The van der Waals surface area contributed by atoms with Gasteiger partial charge in [-0.25, -0.2) is 4.98 Å². The number of methoxy groups -OCH3 is 1. The van der Waals surface area contributed by atoms with Crippen LogP contribution in [0, 0.1) is 0 Å². The summed E-state index contributed by atoms with van der Waals surface area (Å²) in [6.45, 7) is 2.95. The van der Waals surface area contributed by atoms with Crippen LogP contribution in [0.2, 0.25) is 0 Å². The van der Waals surface area contributed by atoms with Crippen molar-refractivity contribution in [2.45, 2.75) is 37.1 Å². The fraction of sp³-hybridized carbons (Fsp3) is 0.692. The van der Waals surface area contributed by atoms with E-state index in [1.54, 1.807) is 7.11 Å². The molecule has 0 saturated carbocycles. The van der Waals surface area contributed by atoms with Gasteiger partial charge < -0.3 is 15.4 Å². The van der Waals surface area contributed by atoms with Crippen molar-refractivity contribution in [3.63, 3.8) is 0 Å². The molecule has 1 atom stereocenters. The molecular weight excluding hydrogens is 260 g/mol. The Bertz CT molecular complexity index is 427. The molecule has 0 saturated heterocycles. The predicted molar refractivity (Wildman–Crippen MR) is 80.2 cm³/mol. The quantitative estimate of drug-likeness (QED) is 0.801. The van der Waals surface area contributed by atoms with Gasteiger partial charge in [0.2, 0.25) is 5.95 Å². The molecule has 6 heteroatoms. The molecule has 1 aromatic rings. The van der Waals surface area contributed by atoms with Crippen LogP contribution in [0.3, 0.4) is 0 Å². The molecule has 1 unspecified atom stereocenters. The van der Waals surface area contributed by atoms with E-state index in [0.717, 1.165) is 43.1 Å². The van der Waals surface area contributed by atoms with Crippen LogP contribution in [-0.4, -0.2) is 42.5 Å². The van der Waals surface area contributed by atoms with Gasteiger partial charge in [-0.15, -0.1) is 11.8 Å². The van der Waals surface area contributed by atoms with E-state index < -0.39 is 0 Å². The Morgan fingerprint density at radius 2 is 2.26 bits per heavy atom. The zero-order chi connectivity index (χ0) is 13.7. The monoisotopic (exact) mass is 282 g/mol. The van der Waals surface area contributed by atoms with Gasteiger partial charge in [-0.05, 0) is 12.8 Å². The van der Waals surface area contributed by atoms with Gasteiger partial charge in [0.05, 0.1) is 10.6 Å². The van der Waals surface area contributed by atoms with Crippen LogP contribution in [0.15, 0.2) is 4.90 Å². The number of rotatable bonds is 7. The van der Waals surface area contributed by atoms with E-state index in [1.165, 1.54) is 4.90 Å². The van der Waals surface area contributed by atoms with E-state index in [0.29, 0.717) is 12.0 Å². The first-order chi connectivity index (χ1) is 9.28. The summed E-state index contributed by atoms with van der Waals surface area (Å²) >= 11 is 1.84. The molecule has 1 aliphatic rings. The zero-order valence-electron chi connectivity index (χ0n) is 11.8. The lowest BCUT2D eigenvalue weighted by molar-refractivity contribution is 0.189. The fourth-order valence-electron chi connectivity index (χ4n) is 2.11. The number of aromatic nitrogens is 2. The van der Waals surface area contributed by atoms with Crippen molar-refractivity contribution in [3.8, 4) is 0 Å². The van der Waals surface area contributed by atoms with Crippen molar-refractivity contribution >= 4 is 23.5 Å². The number of aryl methyl sites for hydroxylation is 1. The number of hydrogen-bond donors (Lipinski definition) is 2. The van der Waals surface area contributed by atoms with Crippen LogP contribution in [0.25, 0.3) is 0 Å². The molecule has 0 radical (unpaired) electrons. The molecule has 0 aromatic carbocycles. The number of thioether (sulfide) groups is 1. The summed E-state index contributed by atoms with van der Waals surface area (Å²) in [5, 5.41) is 6.58. The van der Waals surface area contributed by atoms with Gasteiger partial charge in [0, 0.05) is 39.0 Å². The highest BCUT2D eigenvalue weighted by Crippen LogP contribution is 2.36. The molecule has 0 bridgehead atoms. The first-order valence-electron chi connectivity index (χ1n) is 6.75. The van der Waals surface area contributed by atoms with Gasteiger partial charge in [-0.2, -0.15) is 4.98 Å². The minimum Gasteiger partial charge on any atom is -0.385 e. The van der Waals surface area contributed by atoms with E-state index in [9.17, 15) is 0 Å². The first-order valence-corrected chi connectivity index (χ1v) is 7.74. The number of nitrogens with one attached hydrogen (secondary N) is 2. The van der Waals surface area contributed by atoms with Crippen LogP contribution in [-0.2, 0) is 11.2 Å². The van der Waals surface area contributed by atoms with Crippen molar-refractivity contribution in [1.82, 2.24) is 9.97 Å². The van der Waals surface area contributed by atoms with E-state index in [2.05, 4.69) is 27.5 Å². The van der Waals surface area contributed by atoms with Gasteiger partial charge >= 0.3 is 0 Å². The maximum atomic E-state index is 5.16. The summed E-state index contributed by atoms with van der Waals surface area (Å²) in [6, 6.07) is 0.393. The second-order valence-electron chi connectivity index (χ2n) is 4.55. The van der Waals surface area contributed by atoms with E-state index >= 15 is 0 Å². The Hall–Kier alpha value is -1.01. The SMILES string of the molecule is CCC(CCOC)Nc1nc(NC)nc2c1SCC2. The summed E-state index contributed by atoms with van der Waals surface area (Å²) in [6.07, 6.45) is 3.08. The Kier molecular flexibility index (Phi) is 5.27. The van der Waals surface area contributed by atoms with Gasteiger partial charge in [-0.1, -0.05) is 6.92 Å². The molecule has 19 heavy (non-hydrogen) atoms. The largest absolute Gasteiger partial charge is 0.385 e. The zero-order valence-corrected chi connectivity index (χ0v) is 12.6. The van der Waals surface area contributed by atoms with Crippen LogP contribution in [0.4, 0.5) is 11.8 Å². The summed E-state index contributed by atoms with van der Waals surface area (Å²) in [7, 11) is 3.60. The fourth-order valence-corrected chi connectivity index (χ4v) is 3.16. The Morgan fingerprint density at radius 1 is 1.42 bits per heavy atom. The van der Waals surface area contributed by atoms with E-state index in [4.69, 9.17) is 4.74 Å². The Labute approximate surface area is 118 Å². The highest BCUT2D eigenvalue weighted by molar-refractivity contribution is 7.99. The average Bonchev–Trinajstić information content (AvgIpc) is 2.91. The summed E-state index contributed by atoms with van der Waals surface area (Å²) < 4.78 is 5.16. The second-order valence-corrected chi connectivity index (χ2v) is 5.66. The van der Waals surface area contributed by atoms with E-state index in [-0.39, 0.29) is 0 Å². The molecule has 0 fully saturated rings.